The Morgan fingerprint density at radius 3 is 2.88 bits per heavy atom. The fourth-order valence-electron chi connectivity index (χ4n) is 1.39. The molecule has 5 nitrogen and oxygen atoms in total. The molecule has 0 aliphatic heterocycles. The van der Waals surface area contributed by atoms with Gasteiger partial charge in [0.1, 0.15) is 18.1 Å². The number of hydrogen-bond acceptors (Lipinski definition) is 4. The molecule has 0 aliphatic carbocycles. The maximum atomic E-state index is 10.5. The average molecular weight is 238 g/mol. The lowest BCUT2D eigenvalue weighted by Gasteiger charge is -2.03. The van der Waals surface area contributed by atoms with Crippen LogP contribution in [0.4, 0.5) is 5.82 Å². The number of nitrogens with two attached hydrogens (primary N) is 1. The first-order chi connectivity index (χ1) is 7.56. The van der Waals surface area contributed by atoms with Crippen molar-refractivity contribution >= 4 is 34.3 Å². The highest BCUT2D eigenvalue weighted by Crippen LogP contribution is 2.21. The molecule has 2 rings (SSSR count). The van der Waals surface area contributed by atoms with Gasteiger partial charge in [-0.15, -0.1) is 0 Å². The van der Waals surface area contributed by atoms with Gasteiger partial charge in [0.25, 0.3) is 0 Å². The number of benzene rings is 1. The standard InChI is InChI=1S/C10H8ClN3O2/c11-5-1-2-6-7(3-5)13-8(4-9(15)16)14-10(6)12/h1-3H,4H2,(H,15,16)(H2,12,13,14). The van der Waals surface area contributed by atoms with E-state index in [0.717, 1.165) is 0 Å². The van der Waals surface area contributed by atoms with Crippen LogP contribution in [0.15, 0.2) is 18.2 Å². The highest BCUT2D eigenvalue weighted by atomic mass is 35.5. The third-order valence-electron chi connectivity index (χ3n) is 2.04. The molecule has 1 aromatic heterocycles. The minimum absolute atomic E-state index is 0.180. The van der Waals surface area contributed by atoms with Crippen molar-refractivity contribution in [3.8, 4) is 0 Å². The molecule has 0 saturated carbocycles. The topological polar surface area (TPSA) is 89.1 Å². The van der Waals surface area contributed by atoms with E-state index in [4.69, 9.17) is 22.4 Å². The van der Waals surface area contributed by atoms with Crippen molar-refractivity contribution in [3.63, 3.8) is 0 Å². The molecule has 0 unspecified atom stereocenters. The number of rotatable bonds is 2. The van der Waals surface area contributed by atoms with Crippen molar-refractivity contribution in [2.75, 3.05) is 5.73 Å². The molecule has 3 N–H and O–H groups in total. The highest BCUT2D eigenvalue weighted by Gasteiger charge is 2.08. The number of halogens is 1. The van der Waals surface area contributed by atoms with Gasteiger partial charge < -0.3 is 10.8 Å². The van der Waals surface area contributed by atoms with Gasteiger partial charge >= 0.3 is 5.97 Å². The fourth-order valence-corrected chi connectivity index (χ4v) is 1.56. The van der Waals surface area contributed by atoms with Gasteiger partial charge in [0, 0.05) is 10.4 Å². The summed E-state index contributed by atoms with van der Waals surface area (Å²) in [7, 11) is 0. The molecule has 0 aliphatic rings. The lowest BCUT2D eigenvalue weighted by Crippen LogP contribution is -2.07. The Hall–Kier alpha value is -1.88. The molecular formula is C10H8ClN3O2. The van der Waals surface area contributed by atoms with E-state index in [2.05, 4.69) is 9.97 Å². The SMILES string of the molecule is Nc1nc(CC(=O)O)nc2cc(Cl)ccc12. The zero-order valence-corrected chi connectivity index (χ0v) is 8.90. The van der Waals surface area contributed by atoms with Gasteiger partial charge in [0.05, 0.1) is 5.52 Å². The number of aromatic nitrogens is 2. The highest BCUT2D eigenvalue weighted by molar-refractivity contribution is 6.31. The van der Waals surface area contributed by atoms with Crippen LogP contribution < -0.4 is 5.73 Å². The number of nitrogen functional groups attached to an aromatic ring is 1. The molecule has 0 fully saturated rings. The number of carbonyl (C=O) groups is 1. The third kappa shape index (κ3) is 2.04. The van der Waals surface area contributed by atoms with Crippen LogP contribution in [0.25, 0.3) is 10.9 Å². The first-order valence-electron chi connectivity index (χ1n) is 4.49. The smallest absolute Gasteiger partial charge is 0.311 e. The summed E-state index contributed by atoms with van der Waals surface area (Å²) in [5.41, 5.74) is 6.25. The number of hydrogen-bond donors (Lipinski definition) is 2. The van der Waals surface area contributed by atoms with E-state index >= 15 is 0 Å². The molecule has 0 spiro atoms. The number of aliphatic carboxylic acids is 1. The summed E-state index contributed by atoms with van der Waals surface area (Å²) >= 11 is 5.81. The Labute approximate surface area is 95.9 Å². The lowest BCUT2D eigenvalue weighted by molar-refractivity contribution is -0.136. The maximum absolute atomic E-state index is 10.5. The second kappa shape index (κ2) is 3.94. The maximum Gasteiger partial charge on any atom is 0.311 e. The van der Waals surface area contributed by atoms with Crippen LogP contribution in [0.3, 0.4) is 0 Å². The Bertz CT molecular complexity index is 571. The predicted octanol–water partition coefficient (Wildman–Crippen LogP) is 1.49. The molecule has 0 radical (unpaired) electrons. The van der Waals surface area contributed by atoms with Crippen LogP contribution in [0.1, 0.15) is 5.82 Å². The summed E-state index contributed by atoms with van der Waals surface area (Å²) in [6, 6.07) is 5.01. The Morgan fingerprint density at radius 2 is 2.19 bits per heavy atom. The average Bonchev–Trinajstić information content (AvgIpc) is 2.15. The Balaban J connectivity index is 2.60. The fraction of sp³-hybridized carbons (Fsp3) is 0.100. The summed E-state index contributed by atoms with van der Waals surface area (Å²) in [6.07, 6.45) is -0.257. The molecule has 0 atom stereocenters. The molecule has 16 heavy (non-hydrogen) atoms. The third-order valence-corrected chi connectivity index (χ3v) is 2.28. The van der Waals surface area contributed by atoms with E-state index in [1.54, 1.807) is 18.2 Å². The minimum Gasteiger partial charge on any atom is -0.481 e. The number of nitrogens with zero attached hydrogens (tertiary/aromatic N) is 2. The molecule has 0 amide bonds. The van der Waals surface area contributed by atoms with Gasteiger partial charge in [-0.25, -0.2) is 9.97 Å². The van der Waals surface area contributed by atoms with Crippen molar-refractivity contribution in [2.24, 2.45) is 0 Å². The van der Waals surface area contributed by atoms with Gasteiger partial charge in [-0.1, -0.05) is 11.6 Å². The number of carboxylic acids is 1. The zero-order chi connectivity index (χ0) is 11.7. The molecule has 82 valence electrons. The lowest BCUT2D eigenvalue weighted by atomic mass is 10.2. The van der Waals surface area contributed by atoms with Crippen LogP contribution in [-0.4, -0.2) is 21.0 Å². The quantitative estimate of drug-likeness (QED) is 0.826. The minimum atomic E-state index is -0.999. The largest absolute Gasteiger partial charge is 0.481 e. The van der Waals surface area contributed by atoms with Gasteiger partial charge in [0.15, 0.2) is 0 Å². The van der Waals surface area contributed by atoms with E-state index in [0.29, 0.717) is 15.9 Å². The number of carboxylic acid groups (broad SMARTS) is 1. The predicted molar refractivity (Wildman–Crippen MR) is 60.3 cm³/mol. The van der Waals surface area contributed by atoms with Crippen LogP contribution in [-0.2, 0) is 11.2 Å². The molecule has 1 aromatic carbocycles. The van der Waals surface area contributed by atoms with Gasteiger partial charge in [-0.2, -0.15) is 0 Å². The summed E-state index contributed by atoms with van der Waals surface area (Å²) in [5, 5.41) is 9.82. The first-order valence-corrected chi connectivity index (χ1v) is 4.87. The van der Waals surface area contributed by atoms with Crippen molar-refractivity contribution in [2.45, 2.75) is 6.42 Å². The van der Waals surface area contributed by atoms with Gasteiger partial charge in [0.2, 0.25) is 0 Å². The molecular weight excluding hydrogens is 230 g/mol. The zero-order valence-electron chi connectivity index (χ0n) is 8.14. The first kappa shape index (κ1) is 10.6. The Kier molecular flexibility index (Phi) is 2.62. The van der Waals surface area contributed by atoms with E-state index in [9.17, 15) is 4.79 Å². The van der Waals surface area contributed by atoms with E-state index in [-0.39, 0.29) is 18.1 Å². The van der Waals surface area contributed by atoms with Crippen LogP contribution in [0.5, 0.6) is 0 Å². The molecule has 0 bridgehead atoms. The van der Waals surface area contributed by atoms with Crippen molar-refractivity contribution < 1.29 is 9.90 Å². The van der Waals surface area contributed by atoms with Crippen LogP contribution in [0.2, 0.25) is 5.02 Å². The summed E-state index contributed by atoms with van der Waals surface area (Å²) in [4.78, 5) is 18.5. The summed E-state index contributed by atoms with van der Waals surface area (Å²) in [5.74, 6) is -0.557. The second-order valence-corrected chi connectivity index (χ2v) is 3.69. The molecule has 1 heterocycles. The molecule has 2 aromatic rings. The Morgan fingerprint density at radius 1 is 1.44 bits per heavy atom. The van der Waals surface area contributed by atoms with Crippen LogP contribution >= 0.6 is 11.6 Å². The van der Waals surface area contributed by atoms with Crippen LogP contribution in [0, 0.1) is 0 Å². The van der Waals surface area contributed by atoms with Crippen molar-refractivity contribution in [1.82, 2.24) is 9.97 Å². The second-order valence-electron chi connectivity index (χ2n) is 3.26. The normalized spacial score (nSPS) is 10.6. The van der Waals surface area contributed by atoms with E-state index in [1.165, 1.54) is 0 Å². The van der Waals surface area contributed by atoms with Gasteiger partial charge in [-0.05, 0) is 18.2 Å². The summed E-state index contributed by atoms with van der Waals surface area (Å²) in [6.45, 7) is 0. The monoisotopic (exact) mass is 237 g/mol. The molecule has 0 saturated heterocycles. The summed E-state index contributed by atoms with van der Waals surface area (Å²) < 4.78 is 0. The van der Waals surface area contributed by atoms with E-state index < -0.39 is 5.97 Å². The van der Waals surface area contributed by atoms with Crippen molar-refractivity contribution in [3.05, 3.63) is 29.0 Å². The molecule has 6 heteroatoms. The van der Waals surface area contributed by atoms with Gasteiger partial charge in [-0.3, -0.25) is 4.79 Å². The van der Waals surface area contributed by atoms with Crippen molar-refractivity contribution in [1.29, 1.82) is 0 Å². The number of anilines is 1. The number of fused-ring (bicyclic) bond motifs is 1. The van der Waals surface area contributed by atoms with E-state index in [1.807, 2.05) is 0 Å².